The van der Waals surface area contributed by atoms with Crippen molar-refractivity contribution in [3.63, 3.8) is 0 Å². The maximum absolute atomic E-state index is 6.25. The third-order valence-electron chi connectivity index (χ3n) is 4.03. The summed E-state index contributed by atoms with van der Waals surface area (Å²) < 4.78 is 0. The molecule has 1 heterocycles. The lowest BCUT2D eigenvalue weighted by Crippen LogP contribution is -2.27. The van der Waals surface area contributed by atoms with Crippen LogP contribution in [0, 0.1) is 23.7 Å². The maximum Gasteiger partial charge on any atom is 0.0370 e. The van der Waals surface area contributed by atoms with E-state index in [2.05, 4.69) is 5.32 Å². The third-order valence-corrected chi connectivity index (χ3v) is 4.53. The Morgan fingerprint density at radius 3 is 2.58 bits per heavy atom. The first-order valence-electron chi connectivity index (χ1n) is 4.71. The summed E-state index contributed by atoms with van der Waals surface area (Å²) in [4.78, 5) is 0. The number of hydrogen-bond acceptors (Lipinski definition) is 1. The summed E-state index contributed by atoms with van der Waals surface area (Å²) in [5.41, 5.74) is 0. The van der Waals surface area contributed by atoms with E-state index in [0.29, 0.717) is 5.38 Å². The second kappa shape index (κ2) is 3.04. The van der Waals surface area contributed by atoms with Crippen molar-refractivity contribution in [3.05, 3.63) is 0 Å². The van der Waals surface area contributed by atoms with Crippen LogP contribution in [0.5, 0.6) is 0 Å². The number of alkyl halides is 1. The van der Waals surface area contributed by atoms with Gasteiger partial charge in [-0.1, -0.05) is 0 Å². The van der Waals surface area contributed by atoms with E-state index < -0.39 is 0 Å². The van der Waals surface area contributed by atoms with Crippen LogP contribution in [0.2, 0.25) is 0 Å². The molecule has 1 N–H and O–H groups in total. The molecule has 0 aromatic carbocycles. The molecule has 5 atom stereocenters. The number of halogens is 2. The first-order valence-corrected chi connectivity index (χ1v) is 5.14. The Bertz CT molecular complexity index is 185. The molecule has 1 aliphatic heterocycles. The van der Waals surface area contributed by atoms with Gasteiger partial charge in [-0.15, -0.1) is 24.0 Å². The van der Waals surface area contributed by atoms with Gasteiger partial charge in [0, 0.05) is 5.38 Å². The smallest absolute Gasteiger partial charge is 0.0370 e. The van der Waals surface area contributed by atoms with Gasteiger partial charge < -0.3 is 5.32 Å². The van der Waals surface area contributed by atoms with Gasteiger partial charge in [0.05, 0.1) is 0 Å². The summed E-state index contributed by atoms with van der Waals surface area (Å²) in [6.45, 7) is 2.52. The molecule has 2 saturated carbocycles. The van der Waals surface area contributed by atoms with E-state index in [1.165, 1.54) is 25.9 Å². The number of rotatable bonds is 0. The van der Waals surface area contributed by atoms with Crippen LogP contribution in [0.1, 0.15) is 12.8 Å². The highest BCUT2D eigenvalue weighted by Crippen LogP contribution is 2.55. The Morgan fingerprint density at radius 2 is 1.75 bits per heavy atom. The SMILES string of the molecule is Cl.ClC1CC2CC1C1CNCC21. The van der Waals surface area contributed by atoms with Gasteiger partial charge in [-0.25, -0.2) is 0 Å². The predicted molar refractivity (Wildman–Crippen MR) is 53.0 cm³/mol. The molecule has 0 radical (unpaired) electrons. The van der Waals surface area contributed by atoms with Crippen LogP contribution in [-0.4, -0.2) is 18.5 Å². The Labute approximate surface area is 84.6 Å². The van der Waals surface area contributed by atoms with Gasteiger partial charge in [-0.05, 0) is 49.6 Å². The first kappa shape index (κ1) is 9.11. The highest BCUT2D eigenvalue weighted by atomic mass is 35.5. The molecule has 1 nitrogen and oxygen atoms in total. The van der Waals surface area contributed by atoms with Gasteiger partial charge in [0.1, 0.15) is 0 Å². The van der Waals surface area contributed by atoms with Gasteiger partial charge in [0.15, 0.2) is 0 Å². The molecule has 0 aromatic rings. The highest BCUT2D eigenvalue weighted by molar-refractivity contribution is 6.21. The topological polar surface area (TPSA) is 12.0 Å². The lowest BCUT2D eigenvalue weighted by atomic mass is 9.82. The fraction of sp³-hybridized carbons (Fsp3) is 1.00. The molecule has 0 amide bonds. The molecule has 3 aliphatic rings. The minimum atomic E-state index is 0. The van der Waals surface area contributed by atoms with Gasteiger partial charge >= 0.3 is 0 Å². The summed E-state index contributed by atoms with van der Waals surface area (Å²) in [7, 11) is 0. The largest absolute Gasteiger partial charge is 0.316 e. The van der Waals surface area contributed by atoms with Crippen molar-refractivity contribution >= 4 is 24.0 Å². The van der Waals surface area contributed by atoms with Gasteiger partial charge in [-0.2, -0.15) is 0 Å². The number of fused-ring (bicyclic) bond motifs is 5. The Morgan fingerprint density at radius 1 is 1.00 bits per heavy atom. The summed E-state index contributed by atoms with van der Waals surface area (Å²) >= 11 is 6.25. The van der Waals surface area contributed by atoms with E-state index in [1.807, 2.05) is 0 Å². The summed E-state index contributed by atoms with van der Waals surface area (Å²) in [6.07, 6.45) is 2.74. The third kappa shape index (κ3) is 1.03. The maximum atomic E-state index is 6.25. The fourth-order valence-electron chi connectivity index (χ4n) is 3.55. The van der Waals surface area contributed by atoms with Crippen LogP contribution in [0.3, 0.4) is 0 Å². The van der Waals surface area contributed by atoms with Crippen molar-refractivity contribution in [2.24, 2.45) is 23.7 Å². The van der Waals surface area contributed by atoms with Crippen molar-refractivity contribution < 1.29 is 0 Å². The quantitative estimate of drug-likeness (QED) is 0.599. The van der Waals surface area contributed by atoms with Crippen molar-refractivity contribution in [2.75, 3.05) is 13.1 Å². The summed E-state index contributed by atoms with van der Waals surface area (Å²) in [5, 5.41) is 4.00. The Hall–Kier alpha value is 0.540. The summed E-state index contributed by atoms with van der Waals surface area (Å²) in [6, 6.07) is 0. The Kier molecular flexibility index (Phi) is 2.31. The minimum absolute atomic E-state index is 0. The monoisotopic (exact) mass is 207 g/mol. The van der Waals surface area contributed by atoms with E-state index in [-0.39, 0.29) is 12.4 Å². The lowest BCUT2D eigenvalue weighted by Gasteiger charge is -2.26. The fourth-order valence-corrected chi connectivity index (χ4v) is 4.07. The van der Waals surface area contributed by atoms with Crippen LogP contribution in [0.25, 0.3) is 0 Å². The minimum Gasteiger partial charge on any atom is -0.316 e. The molecule has 5 unspecified atom stereocenters. The zero-order valence-electron chi connectivity index (χ0n) is 7.00. The predicted octanol–water partition coefficient (Wildman–Crippen LogP) is 1.89. The molecule has 12 heavy (non-hydrogen) atoms. The first-order chi connectivity index (χ1) is 5.36. The molecule has 1 saturated heterocycles. The van der Waals surface area contributed by atoms with E-state index in [4.69, 9.17) is 11.6 Å². The molecule has 3 heteroatoms. The van der Waals surface area contributed by atoms with E-state index in [0.717, 1.165) is 23.7 Å². The lowest BCUT2D eigenvalue weighted by molar-refractivity contribution is 0.285. The zero-order valence-corrected chi connectivity index (χ0v) is 8.57. The molecule has 2 bridgehead atoms. The normalized spacial score (nSPS) is 55.2. The average molecular weight is 208 g/mol. The molecule has 3 fully saturated rings. The van der Waals surface area contributed by atoms with Crippen LogP contribution in [0.15, 0.2) is 0 Å². The van der Waals surface area contributed by atoms with Gasteiger partial charge in [-0.3, -0.25) is 0 Å². The standard InChI is InChI=1S/C9H14ClN.ClH/c10-9-2-5-1-6(9)8-4-11-3-7(5)8;/h5-9,11H,1-4H2;1H. The zero-order chi connectivity index (χ0) is 7.42. The van der Waals surface area contributed by atoms with Crippen molar-refractivity contribution in [1.82, 2.24) is 5.32 Å². The Balaban J connectivity index is 0.000000563. The number of hydrogen-bond donors (Lipinski definition) is 1. The van der Waals surface area contributed by atoms with Gasteiger partial charge in [0.25, 0.3) is 0 Å². The van der Waals surface area contributed by atoms with E-state index >= 15 is 0 Å². The number of nitrogens with one attached hydrogen (secondary N) is 1. The second-order valence-corrected chi connectivity index (χ2v) is 4.96. The molecular formula is C9H15Cl2N. The van der Waals surface area contributed by atoms with Crippen molar-refractivity contribution in [1.29, 1.82) is 0 Å². The second-order valence-electron chi connectivity index (χ2n) is 4.40. The van der Waals surface area contributed by atoms with Crippen LogP contribution >= 0.6 is 24.0 Å². The van der Waals surface area contributed by atoms with E-state index in [1.54, 1.807) is 0 Å². The molecule has 0 spiro atoms. The molecule has 0 aromatic heterocycles. The van der Waals surface area contributed by atoms with Gasteiger partial charge in [0.2, 0.25) is 0 Å². The van der Waals surface area contributed by atoms with Crippen LogP contribution in [0.4, 0.5) is 0 Å². The van der Waals surface area contributed by atoms with Crippen molar-refractivity contribution in [3.8, 4) is 0 Å². The molecular weight excluding hydrogens is 193 g/mol. The average Bonchev–Trinajstić information content (AvgIpc) is 2.52. The highest BCUT2D eigenvalue weighted by Gasteiger charge is 2.53. The molecule has 3 rings (SSSR count). The molecule has 70 valence electrons. The molecule has 2 aliphatic carbocycles. The van der Waals surface area contributed by atoms with Crippen LogP contribution < -0.4 is 5.32 Å². The van der Waals surface area contributed by atoms with Crippen LogP contribution in [-0.2, 0) is 0 Å². The summed E-state index contributed by atoms with van der Waals surface area (Å²) in [5.74, 6) is 3.77. The van der Waals surface area contributed by atoms with E-state index in [9.17, 15) is 0 Å². The van der Waals surface area contributed by atoms with Crippen molar-refractivity contribution in [2.45, 2.75) is 18.2 Å².